The van der Waals surface area contributed by atoms with Crippen LogP contribution in [0.5, 0.6) is 0 Å². The van der Waals surface area contributed by atoms with E-state index < -0.39 is 17.7 Å². The standard InChI is InChI=1S/C28H30F2N4O2/c29-20-13-19(14-21(30)15-20)23-9-11-31-34(23)25(35)28-16-27(17-28,18-28)10-5-1-2-6-12-33-24-8-4-3-7-22(24)32-26(33)36/h3-4,7-8,11,13-15,23H,1-2,5-6,9-10,12,16-18H2,(H,32,36). The first-order valence-corrected chi connectivity index (χ1v) is 12.9. The summed E-state index contributed by atoms with van der Waals surface area (Å²) in [6.07, 6.45) is 10.2. The number of hydrogen-bond acceptors (Lipinski definition) is 3. The number of imidazole rings is 1. The Balaban J connectivity index is 0.961. The van der Waals surface area contributed by atoms with Gasteiger partial charge in [0.15, 0.2) is 0 Å². The molecule has 4 aliphatic rings. The van der Waals surface area contributed by atoms with Crippen LogP contribution in [0.1, 0.15) is 69.4 Å². The SMILES string of the molecule is O=C(N1N=CCC1c1cc(F)cc(F)c1)C12CC(CCCCCCn3c(=O)[nH]c4ccccc43)(C1)C2. The third-order valence-electron chi connectivity index (χ3n) is 8.42. The number of aromatic nitrogens is 2. The van der Waals surface area contributed by atoms with E-state index in [1.54, 1.807) is 6.21 Å². The average molecular weight is 493 g/mol. The van der Waals surface area contributed by atoms with Crippen molar-refractivity contribution in [2.24, 2.45) is 15.9 Å². The smallest absolute Gasteiger partial charge is 0.306 e. The highest BCUT2D eigenvalue weighted by Gasteiger charge is 2.71. The van der Waals surface area contributed by atoms with Gasteiger partial charge in [0.05, 0.1) is 22.5 Å². The summed E-state index contributed by atoms with van der Waals surface area (Å²) >= 11 is 0. The lowest BCUT2D eigenvalue weighted by Crippen LogP contribution is -2.67. The van der Waals surface area contributed by atoms with Crippen molar-refractivity contribution in [1.29, 1.82) is 0 Å². The maximum absolute atomic E-state index is 13.7. The van der Waals surface area contributed by atoms with E-state index in [-0.39, 0.29) is 22.4 Å². The number of hydrazone groups is 1. The molecule has 1 atom stereocenters. The van der Waals surface area contributed by atoms with Gasteiger partial charge in [-0.3, -0.25) is 9.36 Å². The molecule has 2 aromatic carbocycles. The number of halogens is 2. The summed E-state index contributed by atoms with van der Waals surface area (Å²) in [4.78, 5) is 28.4. The Kier molecular flexibility index (Phi) is 5.57. The van der Waals surface area contributed by atoms with Crippen molar-refractivity contribution in [2.75, 3.05) is 0 Å². The van der Waals surface area contributed by atoms with Crippen LogP contribution >= 0.6 is 0 Å². The maximum Gasteiger partial charge on any atom is 0.326 e. The molecule has 2 bridgehead atoms. The molecule has 1 aromatic heterocycles. The Morgan fingerprint density at radius 2 is 1.75 bits per heavy atom. The van der Waals surface area contributed by atoms with Gasteiger partial charge in [-0.05, 0) is 67.3 Å². The minimum absolute atomic E-state index is 0.00281. The van der Waals surface area contributed by atoms with Crippen molar-refractivity contribution in [2.45, 2.75) is 70.4 Å². The Hall–Kier alpha value is -3.29. The summed E-state index contributed by atoms with van der Waals surface area (Å²) in [5.74, 6) is -1.28. The lowest BCUT2D eigenvalue weighted by molar-refractivity contribution is -0.220. The number of carbonyl (C=O) groups is 1. The highest BCUT2D eigenvalue weighted by Crippen LogP contribution is 2.76. The van der Waals surface area contributed by atoms with Gasteiger partial charge in [0, 0.05) is 25.2 Å². The van der Waals surface area contributed by atoms with Crippen LogP contribution in [0.15, 0.2) is 52.4 Å². The van der Waals surface area contributed by atoms with E-state index in [1.807, 2.05) is 28.8 Å². The number of nitrogens with one attached hydrogen (secondary N) is 1. The van der Waals surface area contributed by atoms with Gasteiger partial charge in [-0.1, -0.05) is 31.4 Å². The molecular formula is C28H30F2N4O2. The molecule has 188 valence electrons. The van der Waals surface area contributed by atoms with E-state index >= 15 is 0 Å². The normalized spacial score (nSPS) is 26.3. The van der Waals surface area contributed by atoms with Crippen LogP contribution in [0.3, 0.4) is 0 Å². The summed E-state index contributed by atoms with van der Waals surface area (Å²) in [6, 6.07) is 10.8. The van der Waals surface area contributed by atoms with Crippen molar-refractivity contribution < 1.29 is 13.6 Å². The molecule has 0 saturated heterocycles. The molecular weight excluding hydrogens is 462 g/mol. The van der Waals surface area contributed by atoms with Crippen LogP contribution in [0, 0.1) is 22.5 Å². The number of amides is 1. The fraction of sp³-hybridized carbons (Fsp3) is 0.464. The van der Waals surface area contributed by atoms with Crippen LogP contribution in [0.25, 0.3) is 11.0 Å². The minimum atomic E-state index is -0.637. The number of nitrogens with zero attached hydrogens (tertiary/aromatic N) is 3. The zero-order valence-corrected chi connectivity index (χ0v) is 20.2. The summed E-state index contributed by atoms with van der Waals surface area (Å²) in [5, 5.41) is 5.74. The van der Waals surface area contributed by atoms with Crippen molar-refractivity contribution in [3.8, 4) is 0 Å². The van der Waals surface area contributed by atoms with Crippen molar-refractivity contribution >= 4 is 23.2 Å². The fourth-order valence-corrected chi connectivity index (χ4v) is 6.84. The molecule has 36 heavy (non-hydrogen) atoms. The topological polar surface area (TPSA) is 70.5 Å². The zero-order chi connectivity index (χ0) is 24.9. The number of carbonyl (C=O) groups excluding carboxylic acids is 1. The van der Waals surface area contributed by atoms with Crippen LogP contribution in [0.2, 0.25) is 0 Å². The number of aromatic amines is 1. The molecule has 3 saturated carbocycles. The van der Waals surface area contributed by atoms with Crippen LogP contribution in [-0.4, -0.2) is 26.7 Å². The summed E-state index contributed by atoms with van der Waals surface area (Å²) in [5.41, 5.74) is 2.17. The van der Waals surface area contributed by atoms with E-state index in [1.165, 1.54) is 17.1 Å². The highest BCUT2D eigenvalue weighted by atomic mass is 19.1. The van der Waals surface area contributed by atoms with E-state index in [0.717, 1.165) is 75.0 Å². The van der Waals surface area contributed by atoms with Gasteiger partial charge in [-0.15, -0.1) is 0 Å². The monoisotopic (exact) mass is 492 g/mol. The predicted molar refractivity (Wildman–Crippen MR) is 133 cm³/mol. The molecule has 3 fully saturated rings. The number of fused-ring (bicyclic) bond motifs is 1. The second kappa shape index (κ2) is 8.68. The van der Waals surface area contributed by atoms with Gasteiger partial charge in [-0.2, -0.15) is 5.10 Å². The van der Waals surface area contributed by atoms with Gasteiger partial charge in [0.25, 0.3) is 0 Å². The Morgan fingerprint density at radius 1 is 1.03 bits per heavy atom. The molecule has 7 rings (SSSR count). The largest absolute Gasteiger partial charge is 0.326 e. The molecule has 1 N–H and O–H groups in total. The van der Waals surface area contributed by atoms with Crippen LogP contribution in [-0.2, 0) is 11.3 Å². The summed E-state index contributed by atoms with van der Waals surface area (Å²) < 4.78 is 29.3. The summed E-state index contributed by atoms with van der Waals surface area (Å²) in [6.45, 7) is 0.721. The number of para-hydroxylation sites is 2. The zero-order valence-electron chi connectivity index (χ0n) is 20.2. The third kappa shape index (κ3) is 3.87. The van der Waals surface area contributed by atoms with Gasteiger partial charge < -0.3 is 4.98 Å². The molecule has 1 amide bonds. The number of aryl methyl sites for hydroxylation is 1. The average Bonchev–Trinajstić information content (AvgIpc) is 3.40. The van der Waals surface area contributed by atoms with Crippen LogP contribution < -0.4 is 5.69 Å². The summed E-state index contributed by atoms with van der Waals surface area (Å²) in [7, 11) is 0. The molecule has 0 radical (unpaired) electrons. The molecule has 6 nitrogen and oxygen atoms in total. The first-order chi connectivity index (χ1) is 17.4. The second-order valence-electron chi connectivity index (χ2n) is 11.0. The molecule has 8 heteroatoms. The van der Waals surface area contributed by atoms with E-state index in [9.17, 15) is 18.4 Å². The third-order valence-corrected chi connectivity index (χ3v) is 8.42. The highest BCUT2D eigenvalue weighted by molar-refractivity contribution is 5.88. The number of unbranched alkanes of at least 4 members (excludes halogenated alkanes) is 3. The number of benzene rings is 2. The number of H-pyrrole nitrogens is 1. The lowest BCUT2D eigenvalue weighted by Gasteiger charge is -2.70. The lowest BCUT2D eigenvalue weighted by atomic mass is 9.33. The molecule has 1 unspecified atom stereocenters. The first kappa shape index (κ1) is 23.1. The number of hydrogen-bond donors (Lipinski definition) is 1. The molecule has 2 heterocycles. The molecule has 3 aromatic rings. The van der Waals surface area contributed by atoms with E-state index in [2.05, 4.69) is 10.1 Å². The fourth-order valence-electron chi connectivity index (χ4n) is 6.84. The Morgan fingerprint density at radius 3 is 2.53 bits per heavy atom. The maximum atomic E-state index is 13.7. The van der Waals surface area contributed by atoms with Crippen molar-refractivity contribution in [3.05, 3.63) is 70.1 Å². The van der Waals surface area contributed by atoms with E-state index in [0.29, 0.717) is 12.0 Å². The first-order valence-electron chi connectivity index (χ1n) is 12.9. The molecule has 0 spiro atoms. The quantitative estimate of drug-likeness (QED) is 0.390. The minimum Gasteiger partial charge on any atom is -0.306 e. The van der Waals surface area contributed by atoms with Gasteiger partial charge in [0.2, 0.25) is 5.91 Å². The van der Waals surface area contributed by atoms with Crippen molar-refractivity contribution in [1.82, 2.24) is 14.6 Å². The van der Waals surface area contributed by atoms with Gasteiger partial charge in [-0.25, -0.2) is 18.6 Å². The van der Waals surface area contributed by atoms with Gasteiger partial charge in [0.1, 0.15) is 11.6 Å². The molecule has 3 aliphatic carbocycles. The Bertz CT molecular complexity index is 1370. The van der Waals surface area contributed by atoms with E-state index in [4.69, 9.17) is 0 Å². The van der Waals surface area contributed by atoms with Gasteiger partial charge >= 0.3 is 5.69 Å². The van der Waals surface area contributed by atoms with Crippen LogP contribution in [0.4, 0.5) is 8.78 Å². The Labute approximate surface area is 208 Å². The second-order valence-corrected chi connectivity index (χ2v) is 11.0. The number of rotatable bonds is 9. The molecule has 1 aliphatic heterocycles. The van der Waals surface area contributed by atoms with Crippen molar-refractivity contribution in [3.63, 3.8) is 0 Å². The predicted octanol–water partition coefficient (Wildman–Crippen LogP) is 5.69.